The fourth-order valence-corrected chi connectivity index (χ4v) is 3.48. The third kappa shape index (κ3) is 3.65. The second-order valence-electron chi connectivity index (χ2n) is 6.57. The zero-order valence-corrected chi connectivity index (χ0v) is 14.2. The highest BCUT2D eigenvalue weighted by Gasteiger charge is 2.23. The van der Waals surface area contributed by atoms with E-state index in [4.69, 9.17) is 4.74 Å². The van der Waals surface area contributed by atoms with Crippen molar-refractivity contribution in [2.24, 2.45) is 0 Å². The van der Waals surface area contributed by atoms with E-state index >= 15 is 0 Å². The number of nitrogens with one attached hydrogen (secondary N) is 1. The van der Waals surface area contributed by atoms with Gasteiger partial charge >= 0.3 is 0 Å². The number of allylic oxidation sites excluding steroid dienone is 6. The van der Waals surface area contributed by atoms with Gasteiger partial charge in [-0.1, -0.05) is 54.6 Å². The molecular weight excluding hydrogens is 312 g/mol. The van der Waals surface area contributed by atoms with Crippen molar-refractivity contribution in [2.45, 2.75) is 12.6 Å². The Morgan fingerprint density at radius 2 is 2.08 bits per heavy atom. The first-order valence-electron chi connectivity index (χ1n) is 8.77. The summed E-state index contributed by atoms with van der Waals surface area (Å²) in [5.41, 5.74) is 4.19. The second-order valence-corrected chi connectivity index (χ2v) is 6.57. The molecule has 128 valence electrons. The summed E-state index contributed by atoms with van der Waals surface area (Å²) in [7, 11) is 0. The molecule has 1 N–H and O–H groups in total. The number of carbonyl (C=O) groups excluding carboxylic acids is 1. The first-order valence-corrected chi connectivity index (χ1v) is 8.77. The number of nitrogens with zero attached hydrogens (tertiary/aromatic N) is 1. The first-order chi connectivity index (χ1) is 12.3. The molecule has 4 nitrogen and oxygen atoms in total. The maximum absolute atomic E-state index is 12.5. The number of benzene rings is 1. The molecule has 0 spiro atoms. The zero-order valence-electron chi connectivity index (χ0n) is 14.2. The van der Waals surface area contributed by atoms with Crippen molar-refractivity contribution in [3.63, 3.8) is 0 Å². The van der Waals surface area contributed by atoms with Crippen molar-refractivity contribution in [3.8, 4) is 0 Å². The third-order valence-electron chi connectivity index (χ3n) is 4.78. The summed E-state index contributed by atoms with van der Waals surface area (Å²) in [4.78, 5) is 14.8. The van der Waals surface area contributed by atoms with Gasteiger partial charge in [0.25, 0.3) is 5.91 Å². The summed E-state index contributed by atoms with van der Waals surface area (Å²) in [5, 5.41) is 3.03. The van der Waals surface area contributed by atoms with Crippen LogP contribution in [0.1, 0.15) is 5.56 Å². The minimum Gasteiger partial charge on any atom is -0.374 e. The number of rotatable bonds is 5. The minimum atomic E-state index is -0.0232. The highest BCUT2D eigenvalue weighted by atomic mass is 16.5. The van der Waals surface area contributed by atoms with Crippen molar-refractivity contribution in [3.05, 3.63) is 83.0 Å². The molecule has 0 saturated carbocycles. The number of amides is 1. The average molecular weight is 334 g/mol. The van der Waals surface area contributed by atoms with Crippen LogP contribution in [0, 0.1) is 0 Å². The molecule has 0 radical (unpaired) electrons. The molecular formula is C21H22N2O2. The summed E-state index contributed by atoms with van der Waals surface area (Å²) in [6, 6.07) is 10.5. The molecule has 1 heterocycles. The molecule has 1 aromatic rings. The predicted octanol–water partition coefficient (Wildman–Crippen LogP) is 2.37. The standard InChI is InChI=1S/C21H22N2O2/c24-21(20-10-9-17-7-4-8-19(17)20)22-13-18-15-23(11-12-25-18)14-16-5-2-1-3-6-16/h1-10,18H,11-15H2,(H,22,24). The van der Waals surface area contributed by atoms with Crippen LogP contribution in [0.25, 0.3) is 0 Å². The van der Waals surface area contributed by atoms with E-state index in [1.807, 2.05) is 36.4 Å². The second kappa shape index (κ2) is 7.21. The molecule has 0 bridgehead atoms. The molecule has 1 unspecified atom stereocenters. The fourth-order valence-electron chi connectivity index (χ4n) is 3.48. The zero-order chi connectivity index (χ0) is 17.1. The Balaban J connectivity index is 1.30. The Kier molecular flexibility index (Phi) is 4.63. The topological polar surface area (TPSA) is 41.6 Å². The SMILES string of the molecule is O=C(NCC1CN(Cc2ccccc2)CCO1)C1=C2C=CC=C2C=C1. The molecule has 4 rings (SSSR count). The van der Waals surface area contributed by atoms with Crippen molar-refractivity contribution >= 4 is 5.91 Å². The van der Waals surface area contributed by atoms with E-state index in [1.54, 1.807) is 0 Å². The van der Waals surface area contributed by atoms with Gasteiger partial charge in [-0.2, -0.15) is 0 Å². The van der Waals surface area contributed by atoms with Crippen LogP contribution in [0.15, 0.2) is 77.4 Å². The van der Waals surface area contributed by atoms with E-state index in [0.717, 1.165) is 36.4 Å². The number of hydrogen-bond donors (Lipinski definition) is 1. The van der Waals surface area contributed by atoms with Crippen molar-refractivity contribution in [1.82, 2.24) is 10.2 Å². The molecule has 1 saturated heterocycles. The fraction of sp³-hybridized carbons (Fsp3) is 0.286. The van der Waals surface area contributed by atoms with Gasteiger partial charge in [0.05, 0.1) is 12.7 Å². The van der Waals surface area contributed by atoms with Crippen LogP contribution in [0.4, 0.5) is 0 Å². The number of morpholine rings is 1. The van der Waals surface area contributed by atoms with E-state index < -0.39 is 0 Å². The van der Waals surface area contributed by atoms with Crippen molar-refractivity contribution < 1.29 is 9.53 Å². The summed E-state index contributed by atoms with van der Waals surface area (Å²) in [5.74, 6) is -0.0232. The van der Waals surface area contributed by atoms with Crippen LogP contribution < -0.4 is 5.32 Å². The molecule has 2 aliphatic carbocycles. The Hall–Kier alpha value is -2.43. The molecule has 4 heteroatoms. The van der Waals surface area contributed by atoms with Crippen molar-refractivity contribution in [1.29, 1.82) is 0 Å². The average Bonchev–Trinajstić information content (AvgIpc) is 3.24. The van der Waals surface area contributed by atoms with Gasteiger partial charge in [-0.25, -0.2) is 0 Å². The molecule has 0 aromatic heterocycles. The number of hydrogen-bond acceptors (Lipinski definition) is 3. The van der Waals surface area contributed by atoms with Crippen LogP contribution in [0.5, 0.6) is 0 Å². The lowest BCUT2D eigenvalue weighted by Gasteiger charge is -2.33. The van der Waals surface area contributed by atoms with Crippen LogP contribution in [-0.2, 0) is 16.1 Å². The Bertz CT molecular complexity index is 774. The Morgan fingerprint density at radius 3 is 2.96 bits per heavy atom. The van der Waals surface area contributed by atoms with Gasteiger partial charge in [-0.3, -0.25) is 9.69 Å². The largest absolute Gasteiger partial charge is 0.374 e. The van der Waals surface area contributed by atoms with Gasteiger partial charge in [0.15, 0.2) is 0 Å². The van der Waals surface area contributed by atoms with E-state index in [9.17, 15) is 4.79 Å². The lowest BCUT2D eigenvalue weighted by molar-refractivity contribution is -0.118. The minimum absolute atomic E-state index is 0.0232. The lowest BCUT2D eigenvalue weighted by Crippen LogP contribution is -2.47. The smallest absolute Gasteiger partial charge is 0.252 e. The monoisotopic (exact) mass is 334 g/mol. The highest BCUT2D eigenvalue weighted by Crippen LogP contribution is 2.29. The molecule has 1 amide bonds. The van der Waals surface area contributed by atoms with Crippen LogP contribution >= 0.6 is 0 Å². The van der Waals surface area contributed by atoms with Gasteiger partial charge in [0.2, 0.25) is 0 Å². The first kappa shape index (κ1) is 16.1. The lowest BCUT2D eigenvalue weighted by atomic mass is 10.1. The Labute approximate surface area is 148 Å². The maximum atomic E-state index is 12.5. The summed E-state index contributed by atoms with van der Waals surface area (Å²) in [6.07, 6.45) is 9.91. The van der Waals surface area contributed by atoms with E-state index in [-0.39, 0.29) is 12.0 Å². The molecule has 25 heavy (non-hydrogen) atoms. The van der Waals surface area contributed by atoms with Crippen molar-refractivity contribution in [2.75, 3.05) is 26.2 Å². The quantitative estimate of drug-likeness (QED) is 0.899. The van der Waals surface area contributed by atoms with E-state index in [2.05, 4.69) is 34.5 Å². The molecule has 3 aliphatic rings. The van der Waals surface area contributed by atoms with Gasteiger partial charge in [0.1, 0.15) is 0 Å². The van der Waals surface area contributed by atoms with E-state index in [0.29, 0.717) is 13.2 Å². The molecule has 1 aromatic carbocycles. The summed E-state index contributed by atoms with van der Waals surface area (Å²) in [6.45, 7) is 3.93. The Morgan fingerprint density at radius 1 is 1.20 bits per heavy atom. The molecule has 1 atom stereocenters. The summed E-state index contributed by atoms with van der Waals surface area (Å²) >= 11 is 0. The molecule has 1 fully saturated rings. The van der Waals surface area contributed by atoms with Crippen LogP contribution in [0.2, 0.25) is 0 Å². The summed E-state index contributed by atoms with van der Waals surface area (Å²) < 4.78 is 5.83. The molecule has 1 aliphatic heterocycles. The maximum Gasteiger partial charge on any atom is 0.252 e. The van der Waals surface area contributed by atoms with Gasteiger partial charge in [-0.05, 0) is 22.8 Å². The third-order valence-corrected chi connectivity index (χ3v) is 4.78. The number of fused-ring (bicyclic) bond motifs is 1. The van der Waals surface area contributed by atoms with Gasteiger partial charge in [-0.15, -0.1) is 0 Å². The predicted molar refractivity (Wildman–Crippen MR) is 97.9 cm³/mol. The number of ether oxygens (including phenoxy) is 1. The number of carbonyl (C=O) groups is 1. The van der Waals surface area contributed by atoms with Crippen LogP contribution in [-0.4, -0.2) is 43.2 Å². The van der Waals surface area contributed by atoms with Gasteiger partial charge in [0, 0.05) is 31.8 Å². The van der Waals surface area contributed by atoms with Crippen LogP contribution in [0.3, 0.4) is 0 Å². The highest BCUT2D eigenvalue weighted by molar-refractivity contribution is 6.00. The van der Waals surface area contributed by atoms with E-state index in [1.165, 1.54) is 5.56 Å². The normalized spacial score (nSPS) is 22.2. The van der Waals surface area contributed by atoms with Gasteiger partial charge < -0.3 is 10.1 Å².